The Hall–Kier alpha value is -2.18. The van der Waals surface area contributed by atoms with Crippen molar-refractivity contribution in [2.75, 3.05) is 5.43 Å². The molecule has 0 aliphatic rings. The van der Waals surface area contributed by atoms with Gasteiger partial charge in [0.25, 0.3) is 5.56 Å². The van der Waals surface area contributed by atoms with E-state index in [1.807, 2.05) is 36.4 Å². The third-order valence-corrected chi connectivity index (χ3v) is 3.67. The van der Waals surface area contributed by atoms with Crippen molar-refractivity contribution < 1.29 is 0 Å². The molecule has 6 heteroatoms. The van der Waals surface area contributed by atoms with E-state index in [2.05, 4.69) is 26.3 Å². The number of rotatable bonds is 2. The average Bonchev–Trinajstić information content (AvgIpc) is 2.48. The van der Waals surface area contributed by atoms with Gasteiger partial charge in [0.1, 0.15) is 0 Å². The number of fused-ring (bicyclic) bond motifs is 1. The summed E-state index contributed by atoms with van der Waals surface area (Å²) in [6.07, 6.45) is 0. The Labute approximate surface area is 123 Å². The Morgan fingerprint density at radius 1 is 1.10 bits per heavy atom. The van der Waals surface area contributed by atoms with Crippen molar-refractivity contribution in [1.29, 1.82) is 0 Å². The van der Waals surface area contributed by atoms with Crippen molar-refractivity contribution in [1.82, 2.24) is 9.55 Å². The molecule has 5 nitrogen and oxygen atoms in total. The second-order valence-electron chi connectivity index (χ2n) is 4.19. The molecule has 0 aliphatic carbocycles. The van der Waals surface area contributed by atoms with Crippen LogP contribution in [0, 0.1) is 0 Å². The van der Waals surface area contributed by atoms with Crippen LogP contribution in [0.2, 0.25) is 0 Å². The summed E-state index contributed by atoms with van der Waals surface area (Å²) in [5, 5.41) is 0.544. The maximum Gasteiger partial charge on any atom is 0.267 e. The van der Waals surface area contributed by atoms with Crippen LogP contribution < -0.4 is 16.8 Å². The van der Waals surface area contributed by atoms with Gasteiger partial charge in [0.15, 0.2) is 0 Å². The molecule has 0 unspecified atom stereocenters. The first-order valence-corrected chi connectivity index (χ1v) is 6.75. The van der Waals surface area contributed by atoms with E-state index in [9.17, 15) is 4.79 Å². The van der Waals surface area contributed by atoms with Crippen molar-refractivity contribution in [2.24, 2.45) is 5.84 Å². The quantitative estimate of drug-likeness (QED) is 0.559. The minimum Gasteiger partial charge on any atom is -0.293 e. The molecule has 1 heterocycles. The summed E-state index contributed by atoms with van der Waals surface area (Å²) in [6, 6.07) is 14.6. The van der Waals surface area contributed by atoms with Gasteiger partial charge in [-0.3, -0.25) is 10.2 Å². The fraction of sp³-hybridized carbons (Fsp3) is 0. The van der Waals surface area contributed by atoms with Gasteiger partial charge >= 0.3 is 0 Å². The van der Waals surface area contributed by atoms with E-state index in [-0.39, 0.29) is 5.56 Å². The number of halogens is 1. The molecular weight excluding hydrogens is 320 g/mol. The van der Waals surface area contributed by atoms with E-state index in [1.165, 1.54) is 4.57 Å². The highest BCUT2D eigenvalue weighted by atomic mass is 79.9. The highest BCUT2D eigenvalue weighted by Crippen LogP contribution is 2.22. The third-order valence-electron chi connectivity index (χ3n) is 3.00. The number of hydrazine groups is 1. The molecule has 0 spiro atoms. The van der Waals surface area contributed by atoms with E-state index in [1.54, 1.807) is 12.1 Å². The number of benzene rings is 2. The van der Waals surface area contributed by atoms with Gasteiger partial charge in [0, 0.05) is 4.47 Å². The molecular formula is C14H11BrN4O. The van der Waals surface area contributed by atoms with Crippen molar-refractivity contribution >= 4 is 32.8 Å². The first-order chi connectivity index (χ1) is 9.72. The standard InChI is InChI=1S/C14H11BrN4O/c15-10-6-2-4-8-12(10)19-13(20)9-5-1-3-7-11(9)17-14(19)18-16/h1-8H,16H2,(H,17,18). The molecule has 0 saturated carbocycles. The summed E-state index contributed by atoms with van der Waals surface area (Å²) in [4.78, 5) is 17.0. The van der Waals surface area contributed by atoms with Crippen LogP contribution >= 0.6 is 15.9 Å². The van der Waals surface area contributed by atoms with Gasteiger partial charge in [-0.15, -0.1) is 0 Å². The lowest BCUT2D eigenvalue weighted by Crippen LogP contribution is -2.26. The van der Waals surface area contributed by atoms with Crippen LogP contribution in [-0.4, -0.2) is 9.55 Å². The number of hydrogen-bond acceptors (Lipinski definition) is 4. The van der Waals surface area contributed by atoms with Crippen LogP contribution in [0.5, 0.6) is 0 Å². The molecule has 0 radical (unpaired) electrons. The predicted molar refractivity (Wildman–Crippen MR) is 82.9 cm³/mol. The third kappa shape index (κ3) is 1.99. The SMILES string of the molecule is NNc1nc2ccccc2c(=O)n1-c1ccccc1Br. The Kier molecular flexibility index (Phi) is 3.25. The molecule has 3 rings (SSSR count). The maximum atomic E-state index is 12.7. The molecule has 0 fully saturated rings. The zero-order valence-electron chi connectivity index (χ0n) is 10.4. The molecule has 3 N–H and O–H groups in total. The second-order valence-corrected chi connectivity index (χ2v) is 5.04. The van der Waals surface area contributed by atoms with Crippen LogP contribution in [0.4, 0.5) is 5.95 Å². The molecule has 20 heavy (non-hydrogen) atoms. The van der Waals surface area contributed by atoms with Crippen molar-refractivity contribution in [3.05, 3.63) is 63.4 Å². The number of aromatic nitrogens is 2. The molecule has 0 aliphatic heterocycles. The van der Waals surface area contributed by atoms with Gasteiger partial charge in [-0.2, -0.15) is 0 Å². The Bertz CT molecular complexity index is 844. The normalized spacial score (nSPS) is 10.7. The first-order valence-electron chi connectivity index (χ1n) is 5.95. The number of nitrogens with one attached hydrogen (secondary N) is 1. The van der Waals surface area contributed by atoms with Gasteiger partial charge in [0.05, 0.1) is 16.6 Å². The van der Waals surface area contributed by atoms with Crippen molar-refractivity contribution in [3.63, 3.8) is 0 Å². The van der Waals surface area contributed by atoms with Gasteiger partial charge in [-0.1, -0.05) is 24.3 Å². The van der Waals surface area contributed by atoms with Gasteiger partial charge in [0.2, 0.25) is 5.95 Å². The summed E-state index contributed by atoms with van der Waals surface area (Å²) in [6.45, 7) is 0. The molecule has 100 valence electrons. The second kappa shape index (κ2) is 5.07. The van der Waals surface area contributed by atoms with Gasteiger partial charge in [-0.25, -0.2) is 15.4 Å². The highest BCUT2D eigenvalue weighted by molar-refractivity contribution is 9.10. The summed E-state index contributed by atoms with van der Waals surface area (Å²) in [5.74, 6) is 5.80. The number of anilines is 1. The molecule has 1 aromatic heterocycles. The number of hydrogen-bond donors (Lipinski definition) is 2. The number of nitrogen functional groups attached to an aromatic ring is 1. The van der Waals surface area contributed by atoms with E-state index in [4.69, 9.17) is 5.84 Å². The Balaban J connectivity index is 2.43. The van der Waals surface area contributed by atoms with Gasteiger partial charge in [-0.05, 0) is 40.2 Å². The lowest BCUT2D eigenvalue weighted by Gasteiger charge is -2.13. The highest BCUT2D eigenvalue weighted by Gasteiger charge is 2.13. The number of nitrogens with zero attached hydrogens (tertiary/aromatic N) is 2. The zero-order valence-corrected chi connectivity index (χ0v) is 12.0. The smallest absolute Gasteiger partial charge is 0.267 e. The predicted octanol–water partition coefficient (Wildman–Crippen LogP) is 2.43. The molecule has 0 saturated heterocycles. The first kappa shape index (κ1) is 12.8. The summed E-state index contributed by atoms with van der Waals surface area (Å²) in [5.41, 5.74) is 3.60. The lowest BCUT2D eigenvalue weighted by atomic mass is 10.2. The van der Waals surface area contributed by atoms with E-state index < -0.39 is 0 Å². The summed E-state index contributed by atoms with van der Waals surface area (Å²) < 4.78 is 2.24. The lowest BCUT2D eigenvalue weighted by molar-refractivity contribution is 0.951. The zero-order chi connectivity index (χ0) is 14.1. The van der Waals surface area contributed by atoms with Gasteiger partial charge < -0.3 is 0 Å². The van der Waals surface area contributed by atoms with E-state index >= 15 is 0 Å². The van der Waals surface area contributed by atoms with Crippen LogP contribution in [0.25, 0.3) is 16.6 Å². The number of nitrogens with two attached hydrogens (primary N) is 1. The van der Waals surface area contributed by atoms with Crippen LogP contribution in [0.3, 0.4) is 0 Å². The largest absolute Gasteiger partial charge is 0.293 e. The van der Waals surface area contributed by atoms with E-state index in [0.717, 1.165) is 4.47 Å². The van der Waals surface area contributed by atoms with Crippen LogP contribution in [0.1, 0.15) is 0 Å². The Morgan fingerprint density at radius 3 is 2.55 bits per heavy atom. The fourth-order valence-corrected chi connectivity index (χ4v) is 2.55. The molecule has 2 aromatic carbocycles. The summed E-state index contributed by atoms with van der Waals surface area (Å²) in [7, 11) is 0. The van der Waals surface area contributed by atoms with Crippen molar-refractivity contribution in [3.8, 4) is 5.69 Å². The van der Waals surface area contributed by atoms with E-state index in [0.29, 0.717) is 22.5 Å². The maximum absolute atomic E-state index is 12.7. The molecule has 0 bridgehead atoms. The van der Waals surface area contributed by atoms with Crippen LogP contribution in [-0.2, 0) is 0 Å². The van der Waals surface area contributed by atoms with Crippen LogP contribution in [0.15, 0.2) is 57.8 Å². The average molecular weight is 331 g/mol. The molecule has 0 atom stereocenters. The molecule has 3 aromatic rings. The summed E-state index contributed by atoms with van der Waals surface area (Å²) >= 11 is 3.44. The minimum absolute atomic E-state index is 0.171. The topological polar surface area (TPSA) is 72.9 Å². The fourth-order valence-electron chi connectivity index (χ4n) is 2.09. The minimum atomic E-state index is -0.171. The monoisotopic (exact) mass is 330 g/mol. The van der Waals surface area contributed by atoms with Crippen molar-refractivity contribution in [2.45, 2.75) is 0 Å². The number of para-hydroxylation sites is 2. The molecule has 0 amide bonds. The Morgan fingerprint density at radius 2 is 1.80 bits per heavy atom.